The van der Waals surface area contributed by atoms with E-state index in [1.807, 2.05) is 7.05 Å². The molecule has 0 spiro atoms. The third-order valence-corrected chi connectivity index (χ3v) is 6.70. The molecule has 1 atom stereocenters. The van der Waals surface area contributed by atoms with Crippen LogP contribution in [0, 0.1) is 5.41 Å². The van der Waals surface area contributed by atoms with Crippen LogP contribution in [0.25, 0.3) is 0 Å². The summed E-state index contributed by atoms with van der Waals surface area (Å²) in [6.45, 7) is 7.23. The second-order valence-electron chi connectivity index (χ2n) is 8.59. The van der Waals surface area contributed by atoms with Gasteiger partial charge < -0.3 is 15.4 Å². The molecule has 1 aliphatic heterocycles. The zero-order valence-corrected chi connectivity index (χ0v) is 18.0. The number of fused-ring (bicyclic) bond motifs is 1. The molecule has 0 saturated heterocycles. The lowest BCUT2D eigenvalue weighted by atomic mass is 9.83. The summed E-state index contributed by atoms with van der Waals surface area (Å²) >= 11 is 0. The SMILES string of the molecule is CN=C(NCC(C)N1CCc2ccccc2C1)NCC1(CCOC)CCCC1. The topological polar surface area (TPSA) is 48.9 Å². The first-order valence-electron chi connectivity index (χ1n) is 10.9. The molecule has 0 radical (unpaired) electrons. The van der Waals surface area contributed by atoms with E-state index in [9.17, 15) is 0 Å². The summed E-state index contributed by atoms with van der Waals surface area (Å²) in [6, 6.07) is 9.31. The first kappa shape index (κ1) is 21.1. The Kier molecular flexibility index (Phi) is 7.74. The van der Waals surface area contributed by atoms with Crippen LogP contribution in [0.2, 0.25) is 0 Å². The largest absolute Gasteiger partial charge is 0.385 e. The summed E-state index contributed by atoms with van der Waals surface area (Å²) in [5.41, 5.74) is 3.36. The van der Waals surface area contributed by atoms with Gasteiger partial charge in [0.1, 0.15) is 0 Å². The Balaban J connectivity index is 1.46. The maximum Gasteiger partial charge on any atom is 0.191 e. The zero-order valence-electron chi connectivity index (χ0n) is 18.0. The number of methoxy groups -OCH3 is 1. The Morgan fingerprint density at radius 1 is 1.21 bits per heavy atom. The lowest BCUT2D eigenvalue weighted by Crippen LogP contribution is -2.49. The second kappa shape index (κ2) is 10.3. The van der Waals surface area contributed by atoms with Gasteiger partial charge in [-0.3, -0.25) is 9.89 Å². The van der Waals surface area contributed by atoms with Gasteiger partial charge >= 0.3 is 0 Å². The van der Waals surface area contributed by atoms with Crippen LogP contribution in [0.15, 0.2) is 29.3 Å². The molecular formula is C23H38N4O. The smallest absolute Gasteiger partial charge is 0.191 e. The van der Waals surface area contributed by atoms with Crippen LogP contribution < -0.4 is 10.6 Å². The number of nitrogens with zero attached hydrogens (tertiary/aromatic N) is 2. The van der Waals surface area contributed by atoms with Crippen LogP contribution in [0.3, 0.4) is 0 Å². The first-order valence-corrected chi connectivity index (χ1v) is 10.9. The van der Waals surface area contributed by atoms with Crippen LogP contribution in [-0.4, -0.2) is 57.3 Å². The van der Waals surface area contributed by atoms with Gasteiger partial charge in [-0.1, -0.05) is 37.1 Å². The van der Waals surface area contributed by atoms with E-state index in [-0.39, 0.29) is 0 Å². The molecule has 1 heterocycles. The van der Waals surface area contributed by atoms with Gasteiger partial charge in [0.15, 0.2) is 5.96 Å². The van der Waals surface area contributed by atoms with E-state index in [1.165, 1.54) is 36.8 Å². The van der Waals surface area contributed by atoms with Crippen LogP contribution >= 0.6 is 0 Å². The summed E-state index contributed by atoms with van der Waals surface area (Å²) in [6.07, 6.45) is 7.55. The van der Waals surface area contributed by atoms with E-state index < -0.39 is 0 Å². The van der Waals surface area contributed by atoms with Gasteiger partial charge in [-0.2, -0.15) is 0 Å². The Morgan fingerprint density at radius 3 is 2.68 bits per heavy atom. The van der Waals surface area contributed by atoms with E-state index in [0.29, 0.717) is 11.5 Å². The number of nitrogens with one attached hydrogen (secondary N) is 2. The molecule has 0 amide bonds. The van der Waals surface area contributed by atoms with Gasteiger partial charge in [-0.05, 0) is 49.1 Å². The highest BCUT2D eigenvalue weighted by Gasteiger charge is 2.33. The molecule has 28 heavy (non-hydrogen) atoms. The predicted molar refractivity (Wildman–Crippen MR) is 117 cm³/mol. The number of hydrogen-bond acceptors (Lipinski definition) is 3. The standard InChI is InChI=1S/C23H38N4O/c1-19(27-14-10-20-8-4-5-9-21(20)17-27)16-25-22(24-2)26-18-23(13-15-28-3)11-6-7-12-23/h4-5,8-9,19H,6-7,10-18H2,1-3H3,(H2,24,25,26). The molecule has 1 aromatic carbocycles. The molecule has 0 bridgehead atoms. The molecule has 5 heteroatoms. The van der Waals surface area contributed by atoms with Crippen molar-refractivity contribution in [2.45, 2.75) is 58.0 Å². The summed E-state index contributed by atoms with van der Waals surface area (Å²) < 4.78 is 5.35. The minimum atomic E-state index is 0.371. The van der Waals surface area contributed by atoms with Crippen molar-refractivity contribution in [2.75, 3.05) is 40.4 Å². The van der Waals surface area contributed by atoms with Gasteiger partial charge in [-0.15, -0.1) is 0 Å². The maximum atomic E-state index is 5.35. The van der Waals surface area contributed by atoms with Crippen LogP contribution in [-0.2, 0) is 17.7 Å². The normalized spacial score (nSPS) is 20.6. The van der Waals surface area contributed by atoms with E-state index in [4.69, 9.17) is 4.74 Å². The second-order valence-corrected chi connectivity index (χ2v) is 8.59. The van der Waals surface area contributed by atoms with Crippen LogP contribution in [0.4, 0.5) is 0 Å². The number of aliphatic imine (C=N–C) groups is 1. The molecule has 2 aliphatic rings. The molecule has 156 valence electrons. The average Bonchev–Trinajstić information content (AvgIpc) is 3.21. The summed E-state index contributed by atoms with van der Waals surface area (Å²) in [7, 11) is 3.67. The number of rotatable bonds is 8. The van der Waals surface area contributed by atoms with E-state index in [2.05, 4.69) is 51.7 Å². The fraction of sp³-hybridized carbons (Fsp3) is 0.696. The number of guanidine groups is 1. The lowest BCUT2D eigenvalue weighted by Gasteiger charge is -2.34. The highest BCUT2D eigenvalue weighted by molar-refractivity contribution is 5.79. The molecule has 1 saturated carbocycles. The van der Waals surface area contributed by atoms with Gasteiger partial charge in [0.25, 0.3) is 0 Å². The first-order chi connectivity index (χ1) is 13.7. The van der Waals surface area contributed by atoms with Crippen molar-refractivity contribution in [2.24, 2.45) is 10.4 Å². The minimum absolute atomic E-state index is 0.371. The predicted octanol–water partition coefficient (Wildman–Crippen LogP) is 3.20. The summed E-state index contributed by atoms with van der Waals surface area (Å²) in [4.78, 5) is 7.03. The monoisotopic (exact) mass is 386 g/mol. The fourth-order valence-corrected chi connectivity index (χ4v) is 4.72. The number of benzene rings is 1. The van der Waals surface area contributed by atoms with E-state index in [0.717, 1.165) is 51.6 Å². The highest BCUT2D eigenvalue weighted by atomic mass is 16.5. The van der Waals surface area contributed by atoms with Gasteiger partial charge in [-0.25, -0.2) is 0 Å². The van der Waals surface area contributed by atoms with Crippen molar-refractivity contribution in [3.63, 3.8) is 0 Å². The molecular weight excluding hydrogens is 348 g/mol. The van der Waals surface area contributed by atoms with Gasteiger partial charge in [0.2, 0.25) is 0 Å². The van der Waals surface area contributed by atoms with Crippen molar-refractivity contribution in [1.29, 1.82) is 0 Å². The van der Waals surface area contributed by atoms with Crippen molar-refractivity contribution in [1.82, 2.24) is 15.5 Å². The third-order valence-electron chi connectivity index (χ3n) is 6.70. The number of ether oxygens (including phenoxy) is 1. The van der Waals surface area contributed by atoms with Crippen LogP contribution in [0.5, 0.6) is 0 Å². The Hall–Kier alpha value is -1.59. The molecule has 1 unspecified atom stereocenters. The van der Waals surface area contributed by atoms with Gasteiger partial charge in [0.05, 0.1) is 0 Å². The van der Waals surface area contributed by atoms with Gasteiger partial charge in [0, 0.05) is 53.0 Å². The maximum absolute atomic E-state index is 5.35. The summed E-state index contributed by atoms with van der Waals surface area (Å²) in [5.74, 6) is 0.924. The van der Waals surface area contributed by atoms with E-state index in [1.54, 1.807) is 7.11 Å². The average molecular weight is 387 g/mol. The van der Waals surface area contributed by atoms with Crippen molar-refractivity contribution in [3.05, 3.63) is 35.4 Å². The molecule has 1 fully saturated rings. The third kappa shape index (κ3) is 5.48. The molecule has 1 aromatic rings. The molecule has 5 nitrogen and oxygen atoms in total. The van der Waals surface area contributed by atoms with E-state index >= 15 is 0 Å². The number of hydrogen-bond donors (Lipinski definition) is 2. The molecule has 1 aliphatic carbocycles. The van der Waals surface area contributed by atoms with Crippen molar-refractivity contribution < 1.29 is 4.74 Å². The van der Waals surface area contributed by atoms with Crippen molar-refractivity contribution >= 4 is 5.96 Å². The highest BCUT2D eigenvalue weighted by Crippen LogP contribution is 2.40. The summed E-state index contributed by atoms with van der Waals surface area (Å²) in [5, 5.41) is 7.15. The molecule has 2 N–H and O–H groups in total. The Morgan fingerprint density at radius 2 is 1.96 bits per heavy atom. The Labute approximate surface area is 170 Å². The minimum Gasteiger partial charge on any atom is -0.385 e. The van der Waals surface area contributed by atoms with Crippen molar-refractivity contribution in [3.8, 4) is 0 Å². The lowest BCUT2D eigenvalue weighted by molar-refractivity contribution is 0.138. The Bertz CT molecular complexity index is 639. The molecule has 0 aromatic heterocycles. The zero-order chi connectivity index (χ0) is 19.8. The molecule has 3 rings (SSSR count). The fourth-order valence-electron chi connectivity index (χ4n) is 4.72. The quantitative estimate of drug-likeness (QED) is 0.532. The van der Waals surface area contributed by atoms with Crippen LogP contribution in [0.1, 0.15) is 50.2 Å².